The first kappa shape index (κ1) is 9.53. The molecule has 0 unspecified atom stereocenters. The van der Waals surface area contributed by atoms with Gasteiger partial charge in [-0.2, -0.15) is 0 Å². The van der Waals surface area contributed by atoms with E-state index < -0.39 is 0 Å². The van der Waals surface area contributed by atoms with Gasteiger partial charge < -0.3 is 4.40 Å². The number of fused-ring (bicyclic) bond motifs is 1. The van der Waals surface area contributed by atoms with Gasteiger partial charge in [0.05, 0.1) is 17.1 Å². The van der Waals surface area contributed by atoms with Crippen molar-refractivity contribution < 1.29 is 0 Å². The topological polar surface area (TPSA) is 17.3 Å². The van der Waals surface area contributed by atoms with E-state index in [4.69, 9.17) is 11.6 Å². The van der Waals surface area contributed by atoms with Crippen molar-refractivity contribution in [2.24, 2.45) is 0 Å². The lowest BCUT2D eigenvalue weighted by atomic mass is 10.3. The molecule has 0 aliphatic rings. The summed E-state index contributed by atoms with van der Waals surface area (Å²) < 4.78 is 2.18. The van der Waals surface area contributed by atoms with Gasteiger partial charge in [0.25, 0.3) is 0 Å². The summed E-state index contributed by atoms with van der Waals surface area (Å²) in [7, 11) is 0. The number of hydrogen-bond acceptors (Lipinski definition) is 1. The highest BCUT2D eigenvalue weighted by atomic mass is 35.5. The number of aryl methyl sites for hydroxylation is 2. The van der Waals surface area contributed by atoms with Crippen LogP contribution in [0.1, 0.15) is 24.1 Å². The molecule has 14 heavy (non-hydrogen) atoms. The normalized spacial score (nSPS) is 11.1. The Morgan fingerprint density at radius 3 is 2.86 bits per heavy atom. The smallest absolute Gasteiger partial charge is 0.113 e. The maximum Gasteiger partial charge on any atom is 0.113 e. The molecule has 2 aromatic heterocycles. The van der Waals surface area contributed by atoms with Crippen LogP contribution >= 0.6 is 11.6 Å². The molecule has 0 amide bonds. The Labute approximate surface area is 88.5 Å². The minimum Gasteiger partial charge on any atom is -0.301 e. The van der Waals surface area contributed by atoms with Crippen LogP contribution in [-0.4, -0.2) is 9.38 Å². The summed E-state index contributed by atoms with van der Waals surface area (Å²) in [5.74, 6) is 1.57. The minimum atomic E-state index is 0.479. The van der Waals surface area contributed by atoms with Crippen molar-refractivity contribution in [2.45, 2.75) is 26.1 Å². The zero-order valence-electron chi connectivity index (χ0n) is 8.42. The van der Waals surface area contributed by atoms with Crippen molar-refractivity contribution in [1.29, 1.82) is 0 Å². The van der Waals surface area contributed by atoms with Crippen LogP contribution in [0.2, 0.25) is 0 Å². The van der Waals surface area contributed by atoms with Crippen LogP contribution in [0.5, 0.6) is 0 Å². The van der Waals surface area contributed by atoms with E-state index >= 15 is 0 Å². The lowest BCUT2D eigenvalue weighted by Crippen LogP contribution is -1.95. The van der Waals surface area contributed by atoms with Gasteiger partial charge in [-0.15, -0.1) is 11.6 Å². The predicted octanol–water partition coefficient (Wildman–Crippen LogP) is 2.94. The fraction of sp³-hybridized carbons (Fsp3) is 0.364. The number of nitrogens with zero attached hydrogens (tertiary/aromatic N) is 2. The van der Waals surface area contributed by atoms with E-state index in [0.29, 0.717) is 5.88 Å². The van der Waals surface area contributed by atoms with Crippen LogP contribution in [-0.2, 0) is 12.3 Å². The van der Waals surface area contributed by atoms with Crippen molar-refractivity contribution in [3.63, 3.8) is 0 Å². The molecule has 3 heteroatoms. The Bertz CT molecular complexity index is 460. The van der Waals surface area contributed by atoms with Crippen LogP contribution in [0.15, 0.2) is 18.2 Å². The number of pyridine rings is 1. The van der Waals surface area contributed by atoms with Gasteiger partial charge in [0.15, 0.2) is 0 Å². The predicted molar refractivity (Wildman–Crippen MR) is 58.9 cm³/mol. The van der Waals surface area contributed by atoms with E-state index in [1.807, 2.05) is 6.07 Å². The Morgan fingerprint density at radius 1 is 1.43 bits per heavy atom. The first-order valence-corrected chi connectivity index (χ1v) is 5.33. The van der Waals surface area contributed by atoms with E-state index in [1.165, 1.54) is 5.69 Å². The quantitative estimate of drug-likeness (QED) is 0.694. The van der Waals surface area contributed by atoms with Crippen molar-refractivity contribution in [2.75, 3.05) is 0 Å². The third-order valence-corrected chi connectivity index (χ3v) is 2.70. The molecule has 2 aromatic rings. The summed E-state index contributed by atoms with van der Waals surface area (Å²) in [5, 5.41) is 0. The SMILES string of the molecule is CCc1nc(CCl)c2cccc(C)n12. The third-order valence-electron chi connectivity index (χ3n) is 2.45. The lowest BCUT2D eigenvalue weighted by Gasteiger charge is -2.02. The zero-order chi connectivity index (χ0) is 10.1. The maximum absolute atomic E-state index is 5.85. The molecule has 0 atom stereocenters. The second-order valence-corrected chi connectivity index (χ2v) is 3.62. The maximum atomic E-state index is 5.85. The van der Waals surface area contributed by atoms with E-state index in [-0.39, 0.29) is 0 Å². The largest absolute Gasteiger partial charge is 0.301 e. The van der Waals surface area contributed by atoms with Gasteiger partial charge in [-0.05, 0) is 19.1 Å². The van der Waals surface area contributed by atoms with Gasteiger partial charge in [0.1, 0.15) is 5.82 Å². The molecule has 0 aliphatic heterocycles. The van der Waals surface area contributed by atoms with Crippen molar-refractivity contribution in [3.05, 3.63) is 35.4 Å². The Hall–Kier alpha value is -1.02. The Balaban J connectivity index is 2.82. The van der Waals surface area contributed by atoms with E-state index in [2.05, 4.69) is 35.4 Å². The van der Waals surface area contributed by atoms with Crippen molar-refractivity contribution >= 4 is 17.1 Å². The summed E-state index contributed by atoms with van der Waals surface area (Å²) in [6.07, 6.45) is 0.933. The first-order chi connectivity index (χ1) is 6.77. The highest BCUT2D eigenvalue weighted by Gasteiger charge is 2.09. The average Bonchev–Trinajstić information content (AvgIpc) is 2.57. The summed E-state index contributed by atoms with van der Waals surface area (Å²) >= 11 is 5.85. The molecule has 0 saturated carbocycles. The van der Waals surface area contributed by atoms with Gasteiger partial charge in [-0.25, -0.2) is 4.98 Å². The monoisotopic (exact) mass is 208 g/mol. The van der Waals surface area contributed by atoms with Gasteiger partial charge in [-0.3, -0.25) is 0 Å². The first-order valence-electron chi connectivity index (χ1n) is 4.79. The molecule has 0 saturated heterocycles. The number of halogens is 1. The summed E-state index contributed by atoms with van der Waals surface area (Å²) in [6.45, 7) is 4.20. The van der Waals surface area contributed by atoms with E-state index in [1.54, 1.807) is 0 Å². The zero-order valence-corrected chi connectivity index (χ0v) is 9.17. The lowest BCUT2D eigenvalue weighted by molar-refractivity contribution is 0.905. The fourth-order valence-electron chi connectivity index (χ4n) is 1.78. The van der Waals surface area contributed by atoms with Gasteiger partial charge in [0, 0.05) is 12.1 Å². The molecule has 2 heterocycles. The second kappa shape index (κ2) is 3.62. The second-order valence-electron chi connectivity index (χ2n) is 3.35. The Morgan fingerprint density at radius 2 is 2.21 bits per heavy atom. The molecule has 0 aliphatic carbocycles. The highest BCUT2D eigenvalue weighted by molar-refractivity contribution is 6.17. The number of rotatable bonds is 2. The van der Waals surface area contributed by atoms with Crippen LogP contribution in [0.3, 0.4) is 0 Å². The minimum absolute atomic E-state index is 0.479. The number of aromatic nitrogens is 2. The van der Waals surface area contributed by atoms with Crippen LogP contribution in [0, 0.1) is 6.92 Å². The molecule has 74 valence electrons. The Kier molecular flexibility index (Phi) is 2.46. The molecule has 0 N–H and O–H groups in total. The highest BCUT2D eigenvalue weighted by Crippen LogP contribution is 2.17. The van der Waals surface area contributed by atoms with Gasteiger partial charge >= 0.3 is 0 Å². The molecule has 0 fully saturated rings. The van der Waals surface area contributed by atoms with Crippen LogP contribution in [0.4, 0.5) is 0 Å². The molecule has 0 aromatic carbocycles. The van der Waals surface area contributed by atoms with E-state index in [9.17, 15) is 0 Å². The molecule has 0 bridgehead atoms. The standard InChI is InChI=1S/C11H13ClN2/c1-3-11-13-9(7-12)10-6-4-5-8(2)14(10)11/h4-6H,3,7H2,1-2H3. The van der Waals surface area contributed by atoms with Crippen molar-refractivity contribution in [1.82, 2.24) is 9.38 Å². The number of alkyl halides is 1. The number of imidazole rings is 1. The molecular formula is C11H13ClN2. The molecule has 0 radical (unpaired) electrons. The molecule has 0 spiro atoms. The van der Waals surface area contributed by atoms with Crippen LogP contribution in [0.25, 0.3) is 5.52 Å². The molecule has 2 rings (SSSR count). The average molecular weight is 209 g/mol. The van der Waals surface area contributed by atoms with Crippen molar-refractivity contribution in [3.8, 4) is 0 Å². The summed E-state index contributed by atoms with van der Waals surface area (Å²) in [4.78, 5) is 4.52. The fourth-order valence-corrected chi connectivity index (χ4v) is 1.98. The third kappa shape index (κ3) is 1.30. The number of hydrogen-bond donors (Lipinski definition) is 0. The summed E-state index contributed by atoms with van der Waals surface area (Å²) in [5.41, 5.74) is 3.33. The van der Waals surface area contributed by atoms with Gasteiger partial charge in [-0.1, -0.05) is 13.0 Å². The van der Waals surface area contributed by atoms with Gasteiger partial charge in [0.2, 0.25) is 0 Å². The van der Waals surface area contributed by atoms with E-state index in [0.717, 1.165) is 23.5 Å². The molecule has 2 nitrogen and oxygen atoms in total. The van der Waals surface area contributed by atoms with Crippen LogP contribution < -0.4 is 0 Å². The molecular weight excluding hydrogens is 196 g/mol. The summed E-state index contributed by atoms with van der Waals surface area (Å²) in [6, 6.07) is 6.20.